The van der Waals surface area contributed by atoms with Crippen LogP contribution in [-0.4, -0.2) is 15.4 Å². The Labute approximate surface area is 77.7 Å². The number of aromatic nitrogens is 1. The van der Waals surface area contributed by atoms with Gasteiger partial charge in [0.1, 0.15) is 5.01 Å². The standard InChI is InChI=1S/C7H8BrNOS/c8-3-1-2-7-9-4-6(5-10)11-7/h1-2,4,10H,3,5H2. The van der Waals surface area contributed by atoms with E-state index in [1.165, 1.54) is 11.3 Å². The third-order valence-electron chi connectivity index (χ3n) is 1.08. The van der Waals surface area contributed by atoms with Crippen molar-refractivity contribution < 1.29 is 5.11 Å². The molecule has 4 heteroatoms. The van der Waals surface area contributed by atoms with Gasteiger partial charge in [0, 0.05) is 11.5 Å². The molecule has 60 valence electrons. The van der Waals surface area contributed by atoms with Crippen LogP contribution >= 0.6 is 27.3 Å². The van der Waals surface area contributed by atoms with Gasteiger partial charge in [0.25, 0.3) is 0 Å². The summed E-state index contributed by atoms with van der Waals surface area (Å²) in [7, 11) is 0. The Kier molecular flexibility index (Phi) is 3.76. The van der Waals surface area contributed by atoms with Crippen molar-refractivity contribution in [3.05, 3.63) is 22.2 Å². The fourth-order valence-corrected chi connectivity index (χ4v) is 1.51. The molecule has 1 heterocycles. The molecule has 0 aliphatic heterocycles. The Morgan fingerprint density at radius 3 is 3.09 bits per heavy atom. The summed E-state index contributed by atoms with van der Waals surface area (Å²) in [6.07, 6.45) is 5.59. The Morgan fingerprint density at radius 1 is 1.73 bits per heavy atom. The van der Waals surface area contributed by atoms with Gasteiger partial charge in [0.2, 0.25) is 0 Å². The molecule has 0 atom stereocenters. The quantitative estimate of drug-likeness (QED) is 0.812. The maximum absolute atomic E-state index is 8.71. The molecule has 0 saturated heterocycles. The van der Waals surface area contributed by atoms with Gasteiger partial charge >= 0.3 is 0 Å². The van der Waals surface area contributed by atoms with Crippen molar-refractivity contribution in [2.45, 2.75) is 6.61 Å². The Hall–Kier alpha value is -0.190. The highest BCUT2D eigenvalue weighted by atomic mass is 79.9. The zero-order valence-electron chi connectivity index (χ0n) is 5.83. The van der Waals surface area contributed by atoms with E-state index in [0.29, 0.717) is 0 Å². The van der Waals surface area contributed by atoms with E-state index in [4.69, 9.17) is 5.11 Å². The molecule has 0 radical (unpaired) electrons. The summed E-state index contributed by atoms with van der Waals surface area (Å²) in [6.45, 7) is 0.0832. The Balaban J connectivity index is 2.65. The second-order valence-electron chi connectivity index (χ2n) is 1.88. The van der Waals surface area contributed by atoms with Crippen LogP contribution in [0.5, 0.6) is 0 Å². The summed E-state index contributed by atoms with van der Waals surface area (Å²) < 4.78 is 0. The first-order valence-electron chi connectivity index (χ1n) is 3.15. The smallest absolute Gasteiger partial charge is 0.116 e. The van der Waals surface area contributed by atoms with Gasteiger partial charge < -0.3 is 5.11 Å². The fourth-order valence-electron chi connectivity index (χ4n) is 0.618. The number of aliphatic hydroxyl groups excluding tert-OH is 1. The van der Waals surface area contributed by atoms with E-state index in [1.807, 2.05) is 12.2 Å². The monoisotopic (exact) mass is 233 g/mol. The van der Waals surface area contributed by atoms with Gasteiger partial charge in [-0.15, -0.1) is 11.3 Å². The molecule has 0 bridgehead atoms. The summed E-state index contributed by atoms with van der Waals surface area (Å²) >= 11 is 4.78. The van der Waals surface area contributed by atoms with Crippen molar-refractivity contribution in [2.75, 3.05) is 5.33 Å². The summed E-state index contributed by atoms with van der Waals surface area (Å²) in [5, 5.41) is 10.5. The molecule has 0 aliphatic carbocycles. The van der Waals surface area contributed by atoms with E-state index in [1.54, 1.807) is 6.20 Å². The van der Waals surface area contributed by atoms with Crippen LogP contribution in [0.15, 0.2) is 12.3 Å². The number of rotatable bonds is 3. The second-order valence-corrected chi connectivity index (χ2v) is 3.67. The molecule has 0 aliphatic rings. The van der Waals surface area contributed by atoms with E-state index in [9.17, 15) is 0 Å². The van der Waals surface area contributed by atoms with E-state index >= 15 is 0 Å². The maximum Gasteiger partial charge on any atom is 0.116 e. The first-order chi connectivity index (χ1) is 5.36. The van der Waals surface area contributed by atoms with Crippen molar-refractivity contribution >= 4 is 33.3 Å². The molecule has 11 heavy (non-hydrogen) atoms. The Bertz CT molecular complexity index is 246. The summed E-state index contributed by atoms with van der Waals surface area (Å²) in [6, 6.07) is 0. The van der Waals surface area contributed by atoms with Crippen molar-refractivity contribution in [1.29, 1.82) is 0 Å². The van der Waals surface area contributed by atoms with Gasteiger partial charge in [0.15, 0.2) is 0 Å². The van der Waals surface area contributed by atoms with Gasteiger partial charge in [0.05, 0.1) is 11.5 Å². The van der Waals surface area contributed by atoms with Crippen LogP contribution in [0, 0.1) is 0 Å². The first-order valence-corrected chi connectivity index (χ1v) is 5.08. The van der Waals surface area contributed by atoms with Crippen LogP contribution in [0.2, 0.25) is 0 Å². The van der Waals surface area contributed by atoms with E-state index in [0.717, 1.165) is 15.2 Å². The number of halogens is 1. The number of nitrogens with zero attached hydrogens (tertiary/aromatic N) is 1. The molecule has 0 amide bonds. The third-order valence-corrected chi connectivity index (χ3v) is 2.40. The lowest BCUT2D eigenvalue weighted by molar-refractivity contribution is 0.285. The molecule has 2 nitrogen and oxygen atoms in total. The zero-order chi connectivity index (χ0) is 8.10. The number of hydrogen-bond donors (Lipinski definition) is 1. The average Bonchev–Trinajstić information content (AvgIpc) is 2.48. The van der Waals surface area contributed by atoms with Gasteiger partial charge in [-0.05, 0) is 6.08 Å². The molecular weight excluding hydrogens is 226 g/mol. The number of alkyl halides is 1. The number of thiazole rings is 1. The molecule has 0 saturated carbocycles. The number of hydrogen-bond acceptors (Lipinski definition) is 3. The van der Waals surface area contributed by atoms with Crippen molar-refractivity contribution in [2.24, 2.45) is 0 Å². The highest BCUT2D eigenvalue weighted by Gasteiger charge is 1.95. The average molecular weight is 234 g/mol. The highest BCUT2D eigenvalue weighted by Crippen LogP contribution is 2.13. The van der Waals surface area contributed by atoms with Crippen molar-refractivity contribution in [3.8, 4) is 0 Å². The molecule has 0 aromatic carbocycles. The van der Waals surface area contributed by atoms with Crippen LogP contribution in [0.3, 0.4) is 0 Å². The zero-order valence-corrected chi connectivity index (χ0v) is 8.23. The van der Waals surface area contributed by atoms with Crippen molar-refractivity contribution in [1.82, 2.24) is 4.98 Å². The minimum absolute atomic E-state index is 0.0832. The summed E-state index contributed by atoms with van der Waals surface area (Å²) in [5.74, 6) is 0. The van der Waals surface area contributed by atoms with Crippen molar-refractivity contribution in [3.63, 3.8) is 0 Å². The lowest BCUT2D eigenvalue weighted by atomic mass is 10.5. The molecule has 1 N–H and O–H groups in total. The summed E-state index contributed by atoms with van der Waals surface area (Å²) in [5.41, 5.74) is 0. The highest BCUT2D eigenvalue weighted by molar-refractivity contribution is 9.09. The molecule has 0 fully saturated rings. The molecule has 1 aromatic rings. The minimum Gasteiger partial charge on any atom is -0.391 e. The molecule has 0 spiro atoms. The van der Waals surface area contributed by atoms with Gasteiger partial charge in [-0.1, -0.05) is 22.0 Å². The van der Waals surface area contributed by atoms with E-state index < -0.39 is 0 Å². The number of allylic oxidation sites excluding steroid dienone is 1. The molecule has 0 unspecified atom stereocenters. The SMILES string of the molecule is OCc1cnc(C=CCBr)s1. The second kappa shape index (κ2) is 4.64. The van der Waals surface area contributed by atoms with Crippen LogP contribution < -0.4 is 0 Å². The lowest BCUT2D eigenvalue weighted by Gasteiger charge is -1.80. The van der Waals surface area contributed by atoms with E-state index in [2.05, 4.69) is 20.9 Å². The topological polar surface area (TPSA) is 33.1 Å². The maximum atomic E-state index is 8.71. The van der Waals surface area contributed by atoms with E-state index in [-0.39, 0.29) is 6.61 Å². The van der Waals surface area contributed by atoms with Crippen LogP contribution in [-0.2, 0) is 6.61 Å². The normalized spacial score (nSPS) is 11.1. The van der Waals surface area contributed by atoms with Crippen LogP contribution in [0.25, 0.3) is 6.08 Å². The van der Waals surface area contributed by atoms with Gasteiger partial charge in [-0.25, -0.2) is 4.98 Å². The molecule has 1 aromatic heterocycles. The fraction of sp³-hybridized carbons (Fsp3) is 0.286. The van der Waals surface area contributed by atoms with Gasteiger partial charge in [-0.2, -0.15) is 0 Å². The first kappa shape index (κ1) is 8.90. The molecular formula is C7H8BrNOS. The van der Waals surface area contributed by atoms with Crippen LogP contribution in [0.1, 0.15) is 9.88 Å². The third kappa shape index (κ3) is 2.73. The number of aliphatic hydroxyl groups is 1. The predicted molar refractivity (Wildman–Crippen MR) is 50.9 cm³/mol. The minimum atomic E-state index is 0.0832. The van der Waals surface area contributed by atoms with Crippen LogP contribution in [0.4, 0.5) is 0 Å². The van der Waals surface area contributed by atoms with Gasteiger partial charge in [-0.3, -0.25) is 0 Å². The largest absolute Gasteiger partial charge is 0.391 e. The molecule has 1 rings (SSSR count). The predicted octanol–water partition coefficient (Wildman–Crippen LogP) is 2.04. The lowest BCUT2D eigenvalue weighted by Crippen LogP contribution is -1.70. The Morgan fingerprint density at radius 2 is 2.55 bits per heavy atom. The summed E-state index contributed by atoms with van der Waals surface area (Å²) in [4.78, 5) is 4.98.